The summed E-state index contributed by atoms with van der Waals surface area (Å²) in [5.74, 6) is 0. The fourth-order valence-electron chi connectivity index (χ4n) is 5.72. The maximum Gasteiger partial charge on any atom is 0.0645 e. The van der Waals surface area contributed by atoms with Crippen LogP contribution in [0.4, 0.5) is 17.1 Å². The molecule has 0 N–H and O–H groups in total. The van der Waals surface area contributed by atoms with Crippen LogP contribution in [0, 0.1) is 0 Å². The SMILES string of the molecule is [2H]c1c([2H])c(N(c2ccc(-c3ccccc3)cc2)c2ccc(-c3ccc4c(c3)sc3ccccc34)cc2)c([2H])c([2H])c1-c1ccccc1. The van der Waals surface area contributed by atoms with Crippen molar-refractivity contribution in [3.63, 3.8) is 0 Å². The molecule has 0 atom stereocenters. The zero-order chi connectivity index (χ0) is 32.8. The van der Waals surface area contributed by atoms with E-state index in [0.717, 1.165) is 33.6 Å². The van der Waals surface area contributed by atoms with Crippen LogP contribution in [0.5, 0.6) is 0 Å². The largest absolute Gasteiger partial charge is 0.311 e. The first kappa shape index (κ1) is 22.1. The highest BCUT2D eigenvalue weighted by molar-refractivity contribution is 7.25. The van der Waals surface area contributed by atoms with Gasteiger partial charge in [0, 0.05) is 37.2 Å². The van der Waals surface area contributed by atoms with E-state index in [0.29, 0.717) is 11.1 Å². The van der Waals surface area contributed by atoms with Crippen molar-refractivity contribution in [2.45, 2.75) is 0 Å². The maximum atomic E-state index is 9.20. The highest BCUT2D eigenvalue weighted by atomic mass is 32.1. The van der Waals surface area contributed by atoms with Crippen LogP contribution in [0.15, 0.2) is 176 Å². The van der Waals surface area contributed by atoms with Gasteiger partial charge in [-0.2, -0.15) is 0 Å². The molecule has 0 saturated heterocycles. The van der Waals surface area contributed by atoms with Gasteiger partial charge in [-0.1, -0.05) is 127 Å². The van der Waals surface area contributed by atoms with Crippen molar-refractivity contribution in [3.05, 3.63) is 176 Å². The lowest BCUT2D eigenvalue weighted by molar-refractivity contribution is 1.28. The molecule has 0 saturated carbocycles. The van der Waals surface area contributed by atoms with Crippen LogP contribution >= 0.6 is 11.3 Å². The average Bonchev–Trinajstić information content (AvgIpc) is 3.52. The van der Waals surface area contributed by atoms with E-state index in [1.54, 1.807) is 11.3 Å². The summed E-state index contributed by atoms with van der Waals surface area (Å²) in [5.41, 5.74) is 6.92. The number of rotatable bonds is 6. The van der Waals surface area contributed by atoms with Crippen LogP contribution in [-0.2, 0) is 0 Å². The fourth-order valence-corrected chi connectivity index (χ4v) is 6.86. The third kappa shape index (κ3) is 4.96. The molecule has 0 fully saturated rings. The molecule has 44 heavy (non-hydrogen) atoms. The van der Waals surface area contributed by atoms with Gasteiger partial charge in [0.1, 0.15) is 0 Å². The molecule has 0 aliphatic heterocycles. The molecule has 0 unspecified atom stereocenters. The number of fused-ring (bicyclic) bond motifs is 3. The summed E-state index contributed by atoms with van der Waals surface area (Å²) >= 11 is 1.79. The van der Waals surface area contributed by atoms with Crippen molar-refractivity contribution in [1.82, 2.24) is 0 Å². The van der Waals surface area contributed by atoms with E-state index in [9.17, 15) is 2.74 Å². The molecule has 0 aliphatic rings. The summed E-state index contributed by atoms with van der Waals surface area (Å²) in [6.07, 6.45) is 0. The van der Waals surface area contributed by atoms with Gasteiger partial charge in [-0.15, -0.1) is 11.3 Å². The van der Waals surface area contributed by atoms with Gasteiger partial charge in [-0.3, -0.25) is 0 Å². The second kappa shape index (κ2) is 11.3. The first-order chi connectivity index (χ1) is 23.5. The van der Waals surface area contributed by atoms with Crippen LogP contribution in [-0.4, -0.2) is 0 Å². The Kier molecular flexibility index (Phi) is 5.70. The summed E-state index contributed by atoms with van der Waals surface area (Å²) in [4.78, 5) is 1.84. The third-order valence-corrected chi connectivity index (χ3v) is 9.10. The van der Waals surface area contributed by atoms with Crippen LogP contribution in [0.2, 0.25) is 0 Å². The second-order valence-electron chi connectivity index (χ2n) is 10.7. The van der Waals surface area contributed by atoms with Crippen LogP contribution in [0.3, 0.4) is 0 Å². The molecular weight excluding hydrogens is 551 g/mol. The fraction of sp³-hybridized carbons (Fsp3) is 0. The topological polar surface area (TPSA) is 3.24 Å². The van der Waals surface area contributed by atoms with Crippen molar-refractivity contribution in [3.8, 4) is 33.4 Å². The minimum Gasteiger partial charge on any atom is -0.311 e. The molecule has 0 bridgehead atoms. The summed E-state index contributed by atoms with van der Waals surface area (Å²) in [6, 6.07) is 50.2. The number of hydrogen-bond donors (Lipinski definition) is 0. The van der Waals surface area contributed by atoms with Gasteiger partial charge in [0.2, 0.25) is 0 Å². The predicted octanol–water partition coefficient (Wildman–Crippen LogP) is 12.5. The molecule has 0 aliphatic carbocycles. The highest BCUT2D eigenvalue weighted by Crippen LogP contribution is 2.39. The molecule has 8 aromatic rings. The van der Waals surface area contributed by atoms with E-state index < -0.39 is 0 Å². The minimum atomic E-state index is -0.0960. The van der Waals surface area contributed by atoms with Crippen LogP contribution in [0.25, 0.3) is 53.6 Å². The zero-order valence-electron chi connectivity index (χ0n) is 27.8. The van der Waals surface area contributed by atoms with Crippen molar-refractivity contribution in [2.75, 3.05) is 4.90 Å². The molecular formula is C42H29NS. The van der Waals surface area contributed by atoms with Crippen molar-refractivity contribution in [2.24, 2.45) is 0 Å². The number of hydrogen-bond acceptors (Lipinski definition) is 2. The first-order valence-electron chi connectivity index (χ1n) is 16.6. The Morgan fingerprint density at radius 2 is 0.841 bits per heavy atom. The summed E-state index contributed by atoms with van der Waals surface area (Å²) < 4.78 is 38.9. The molecule has 8 rings (SSSR count). The molecule has 7 aromatic carbocycles. The maximum absolute atomic E-state index is 9.20. The monoisotopic (exact) mass is 583 g/mol. The standard InChI is InChI=1S/C42H29NS/c1-3-9-30(10-4-1)32-15-22-36(23-16-32)43(37-24-17-33(18-25-37)31-11-5-2-6-12-31)38-26-19-34(20-27-38)35-21-28-40-39-13-7-8-14-41(39)44-42(40)29-35/h1-29H/i15D,16D,22D,23D. The van der Waals surface area contributed by atoms with Gasteiger partial charge < -0.3 is 4.90 Å². The Hall–Kier alpha value is -5.44. The molecule has 1 nitrogen and oxygen atoms in total. The Morgan fingerprint density at radius 3 is 1.48 bits per heavy atom. The van der Waals surface area contributed by atoms with E-state index in [1.165, 1.54) is 20.2 Å². The Bertz CT molecular complexity index is 2390. The molecule has 1 heterocycles. The van der Waals surface area contributed by atoms with Gasteiger partial charge in [0.15, 0.2) is 0 Å². The molecule has 208 valence electrons. The first-order valence-corrected chi connectivity index (χ1v) is 15.4. The van der Waals surface area contributed by atoms with Gasteiger partial charge in [0.05, 0.1) is 5.48 Å². The van der Waals surface area contributed by atoms with Crippen LogP contribution < -0.4 is 4.90 Å². The van der Waals surface area contributed by atoms with E-state index in [-0.39, 0.29) is 29.9 Å². The Morgan fingerprint density at radius 1 is 0.364 bits per heavy atom. The Labute approximate surface area is 267 Å². The smallest absolute Gasteiger partial charge is 0.0645 e. The van der Waals surface area contributed by atoms with Gasteiger partial charge in [-0.05, 0) is 81.9 Å². The number of thiophene rings is 1. The molecule has 0 radical (unpaired) electrons. The van der Waals surface area contributed by atoms with Gasteiger partial charge in [-0.25, -0.2) is 0 Å². The molecule has 0 amide bonds. The molecule has 1 aromatic heterocycles. The third-order valence-electron chi connectivity index (χ3n) is 7.97. The molecule has 2 heteroatoms. The highest BCUT2D eigenvalue weighted by Gasteiger charge is 2.14. The van der Waals surface area contributed by atoms with Crippen LogP contribution in [0.1, 0.15) is 5.48 Å². The van der Waals surface area contributed by atoms with Crippen molar-refractivity contribution >= 4 is 48.6 Å². The second-order valence-corrected chi connectivity index (χ2v) is 11.8. The van der Waals surface area contributed by atoms with E-state index >= 15 is 0 Å². The lowest BCUT2D eigenvalue weighted by Gasteiger charge is -2.26. The summed E-state index contributed by atoms with van der Waals surface area (Å²) in [7, 11) is 0. The lowest BCUT2D eigenvalue weighted by Crippen LogP contribution is -2.09. The van der Waals surface area contributed by atoms with Gasteiger partial charge in [0.25, 0.3) is 0 Å². The van der Waals surface area contributed by atoms with E-state index in [4.69, 9.17) is 2.74 Å². The number of nitrogens with zero attached hydrogens (tertiary/aromatic N) is 1. The zero-order valence-corrected chi connectivity index (χ0v) is 24.6. The normalized spacial score (nSPS) is 12.5. The van der Waals surface area contributed by atoms with Gasteiger partial charge >= 0.3 is 0 Å². The average molecular weight is 584 g/mol. The van der Waals surface area contributed by atoms with E-state index in [2.05, 4.69) is 66.7 Å². The van der Waals surface area contributed by atoms with Crippen molar-refractivity contribution < 1.29 is 5.48 Å². The summed E-state index contributed by atoms with van der Waals surface area (Å²) in [5, 5.41) is 2.52. The lowest BCUT2D eigenvalue weighted by atomic mass is 10.0. The predicted molar refractivity (Wildman–Crippen MR) is 190 cm³/mol. The Balaban J connectivity index is 1.25. The van der Waals surface area contributed by atoms with Crippen molar-refractivity contribution in [1.29, 1.82) is 0 Å². The minimum absolute atomic E-state index is 0.0728. The number of benzene rings is 7. The quantitative estimate of drug-likeness (QED) is 0.188. The summed E-state index contributed by atoms with van der Waals surface area (Å²) in [6.45, 7) is 0. The van der Waals surface area contributed by atoms with E-state index in [1.807, 2.05) is 89.8 Å². The number of anilines is 3. The molecule has 0 spiro atoms.